The van der Waals surface area contributed by atoms with Gasteiger partial charge in [0.2, 0.25) is 0 Å². The lowest BCUT2D eigenvalue weighted by Crippen LogP contribution is -2.34. The van der Waals surface area contributed by atoms with Crippen molar-refractivity contribution in [2.45, 2.75) is 18.9 Å². The van der Waals surface area contributed by atoms with Crippen LogP contribution in [0.25, 0.3) is 0 Å². The number of esters is 2. The van der Waals surface area contributed by atoms with Crippen LogP contribution in [0, 0.1) is 23.7 Å². The molecule has 0 radical (unpaired) electrons. The number of hydrogen-bond donors (Lipinski definition) is 1. The standard InChI is InChI=1S/C17H16ClNO5/c18-9-1-3-10(4-2-9)19-13(20)7-23-16(21)14-8-5-11-12(6-8)24-17(22)15(11)14/h1-4,8,11-12,14-15H,5-7H2,(H,19,20)/t8-,11+,12-,14-,15+/m1/s1. The Hall–Kier alpha value is -2.08. The van der Waals surface area contributed by atoms with E-state index in [0.29, 0.717) is 10.7 Å². The van der Waals surface area contributed by atoms with Gasteiger partial charge in [-0.2, -0.15) is 0 Å². The molecular weight excluding hydrogens is 334 g/mol. The summed E-state index contributed by atoms with van der Waals surface area (Å²) in [5.74, 6) is -1.79. The first kappa shape index (κ1) is 15.4. The molecule has 7 heteroatoms. The molecule has 0 aromatic heterocycles. The molecule has 2 bridgehead atoms. The fourth-order valence-electron chi connectivity index (χ4n) is 4.29. The van der Waals surface area contributed by atoms with Gasteiger partial charge in [0.25, 0.3) is 5.91 Å². The highest BCUT2D eigenvalue weighted by Gasteiger charge is 2.64. The van der Waals surface area contributed by atoms with Gasteiger partial charge in [-0.3, -0.25) is 14.4 Å². The van der Waals surface area contributed by atoms with Crippen molar-refractivity contribution in [2.75, 3.05) is 11.9 Å². The van der Waals surface area contributed by atoms with Crippen molar-refractivity contribution < 1.29 is 23.9 Å². The summed E-state index contributed by atoms with van der Waals surface area (Å²) in [7, 11) is 0. The summed E-state index contributed by atoms with van der Waals surface area (Å²) in [4.78, 5) is 36.1. The number of amides is 1. The monoisotopic (exact) mass is 349 g/mol. The van der Waals surface area contributed by atoms with Crippen LogP contribution in [0.3, 0.4) is 0 Å². The summed E-state index contributed by atoms with van der Waals surface area (Å²) in [6, 6.07) is 6.63. The van der Waals surface area contributed by atoms with Crippen LogP contribution in [0.15, 0.2) is 24.3 Å². The zero-order valence-electron chi connectivity index (χ0n) is 12.7. The number of ether oxygens (including phenoxy) is 2. The van der Waals surface area contributed by atoms with Crippen molar-refractivity contribution in [1.82, 2.24) is 0 Å². The number of anilines is 1. The van der Waals surface area contributed by atoms with Crippen molar-refractivity contribution in [1.29, 1.82) is 0 Å². The van der Waals surface area contributed by atoms with Crippen molar-refractivity contribution >= 4 is 35.1 Å². The summed E-state index contributed by atoms with van der Waals surface area (Å²) >= 11 is 5.78. The quantitative estimate of drug-likeness (QED) is 0.841. The number of benzene rings is 1. The topological polar surface area (TPSA) is 81.7 Å². The Morgan fingerprint density at radius 2 is 2.00 bits per heavy atom. The lowest BCUT2D eigenvalue weighted by Gasteiger charge is -2.22. The normalized spacial score (nSPS) is 32.5. The zero-order valence-corrected chi connectivity index (χ0v) is 13.5. The molecule has 1 heterocycles. The second kappa shape index (κ2) is 5.77. The van der Waals surface area contributed by atoms with Gasteiger partial charge in [-0.05, 0) is 43.0 Å². The molecule has 1 aromatic rings. The van der Waals surface area contributed by atoms with E-state index in [4.69, 9.17) is 21.1 Å². The van der Waals surface area contributed by atoms with E-state index >= 15 is 0 Å². The van der Waals surface area contributed by atoms with Gasteiger partial charge in [0.1, 0.15) is 6.10 Å². The Labute approximate surface area is 143 Å². The molecule has 1 aliphatic heterocycles. The third-order valence-corrected chi connectivity index (χ3v) is 5.48. The molecule has 3 fully saturated rings. The maximum atomic E-state index is 12.3. The molecule has 5 atom stereocenters. The van der Waals surface area contributed by atoms with Crippen LogP contribution in [0.1, 0.15) is 12.8 Å². The molecule has 6 nitrogen and oxygen atoms in total. The predicted octanol–water partition coefficient (Wildman–Crippen LogP) is 2.02. The summed E-state index contributed by atoms with van der Waals surface area (Å²) < 4.78 is 10.4. The van der Waals surface area contributed by atoms with Gasteiger partial charge in [-0.1, -0.05) is 11.6 Å². The minimum absolute atomic E-state index is 0.0234. The van der Waals surface area contributed by atoms with Crippen molar-refractivity contribution in [2.24, 2.45) is 23.7 Å². The Morgan fingerprint density at radius 3 is 2.75 bits per heavy atom. The van der Waals surface area contributed by atoms with Gasteiger partial charge in [0.15, 0.2) is 6.61 Å². The molecular formula is C17H16ClNO5. The first-order valence-corrected chi connectivity index (χ1v) is 8.33. The third kappa shape index (κ3) is 2.55. The van der Waals surface area contributed by atoms with Gasteiger partial charge in [0.05, 0.1) is 11.8 Å². The molecule has 24 heavy (non-hydrogen) atoms. The summed E-state index contributed by atoms with van der Waals surface area (Å²) in [5.41, 5.74) is 0.572. The Kier molecular flexibility index (Phi) is 3.72. The van der Waals surface area contributed by atoms with Crippen LogP contribution in [0.5, 0.6) is 0 Å². The van der Waals surface area contributed by atoms with E-state index in [1.807, 2.05) is 0 Å². The van der Waals surface area contributed by atoms with Crippen LogP contribution in [-0.2, 0) is 23.9 Å². The van der Waals surface area contributed by atoms with Crippen LogP contribution in [0.2, 0.25) is 5.02 Å². The van der Waals surface area contributed by atoms with Crippen LogP contribution in [0.4, 0.5) is 5.69 Å². The smallest absolute Gasteiger partial charge is 0.310 e. The molecule has 4 rings (SSSR count). The van der Waals surface area contributed by atoms with Gasteiger partial charge < -0.3 is 14.8 Å². The molecule has 0 spiro atoms. The molecule has 2 aliphatic carbocycles. The van der Waals surface area contributed by atoms with Gasteiger partial charge >= 0.3 is 11.9 Å². The summed E-state index contributed by atoms with van der Waals surface area (Å²) in [6.07, 6.45) is 1.53. The Morgan fingerprint density at radius 1 is 1.25 bits per heavy atom. The van der Waals surface area contributed by atoms with E-state index in [1.54, 1.807) is 24.3 Å². The number of hydrogen-bond acceptors (Lipinski definition) is 5. The fraction of sp³-hybridized carbons (Fsp3) is 0.471. The number of halogens is 1. The molecule has 1 aromatic carbocycles. The van der Waals surface area contributed by atoms with E-state index in [2.05, 4.69) is 5.32 Å². The largest absolute Gasteiger partial charge is 0.462 e. The van der Waals surface area contributed by atoms with Crippen LogP contribution in [-0.4, -0.2) is 30.6 Å². The predicted molar refractivity (Wildman–Crippen MR) is 84.1 cm³/mol. The first-order valence-electron chi connectivity index (χ1n) is 7.95. The highest BCUT2D eigenvalue weighted by atomic mass is 35.5. The first-order chi connectivity index (χ1) is 11.5. The molecule has 1 N–H and O–H groups in total. The molecule has 0 unspecified atom stereocenters. The highest BCUT2D eigenvalue weighted by Crippen LogP contribution is 2.57. The van der Waals surface area contributed by atoms with Crippen molar-refractivity contribution in [3.63, 3.8) is 0 Å². The van der Waals surface area contributed by atoms with Crippen molar-refractivity contribution in [3.05, 3.63) is 29.3 Å². The van der Waals surface area contributed by atoms with Crippen LogP contribution >= 0.6 is 11.6 Å². The number of nitrogens with one attached hydrogen (secondary N) is 1. The third-order valence-electron chi connectivity index (χ3n) is 5.23. The average Bonchev–Trinajstić information content (AvgIpc) is 3.16. The van der Waals surface area contributed by atoms with E-state index in [9.17, 15) is 14.4 Å². The van der Waals surface area contributed by atoms with E-state index in [0.717, 1.165) is 12.8 Å². The van der Waals surface area contributed by atoms with E-state index in [-0.39, 0.29) is 36.4 Å². The number of carbonyl (C=O) groups is 3. The van der Waals surface area contributed by atoms with Gasteiger partial charge in [-0.15, -0.1) is 0 Å². The maximum Gasteiger partial charge on any atom is 0.310 e. The van der Waals surface area contributed by atoms with E-state index < -0.39 is 17.8 Å². The minimum atomic E-state index is -0.476. The Bertz CT molecular complexity index is 701. The highest BCUT2D eigenvalue weighted by molar-refractivity contribution is 6.30. The SMILES string of the molecule is O=C(COC(=O)[C@@H]1[C@@H]2C[C@@H]3[C@@H]1C(=O)O[C@@H]3C2)Nc1ccc(Cl)cc1. The molecule has 1 amide bonds. The second-order valence-electron chi connectivity index (χ2n) is 6.59. The number of fused-ring (bicyclic) bond motifs is 1. The van der Waals surface area contributed by atoms with Crippen molar-refractivity contribution in [3.8, 4) is 0 Å². The lowest BCUT2D eigenvalue weighted by atomic mass is 9.80. The van der Waals surface area contributed by atoms with Crippen LogP contribution < -0.4 is 5.32 Å². The van der Waals surface area contributed by atoms with Gasteiger partial charge in [-0.25, -0.2) is 0 Å². The zero-order chi connectivity index (χ0) is 16.8. The molecule has 2 saturated carbocycles. The summed E-state index contributed by atoms with van der Waals surface area (Å²) in [6.45, 7) is -0.374. The molecule has 3 aliphatic rings. The second-order valence-corrected chi connectivity index (χ2v) is 7.02. The number of rotatable bonds is 4. The summed E-state index contributed by atoms with van der Waals surface area (Å²) in [5, 5.41) is 3.19. The minimum Gasteiger partial charge on any atom is -0.462 e. The lowest BCUT2D eigenvalue weighted by molar-refractivity contribution is -0.157. The number of carbonyl (C=O) groups excluding carboxylic acids is 3. The maximum absolute atomic E-state index is 12.3. The molecule has 126 valence electrons. The van der Waals surface area contributed by atoms with E-state index in [1.165, 1.54) is 0 Å². The average molecular weight is 350 g/mol. The Balaban J connectivity index is 1.33. The van der Waals surface area contributed by atoms with Gasteiger partial charge in [0, 0.05) is 16.6 Å². The fourth-order valence-corrected chi connectivity index (χ4v) is 4.41. The molecule has 1 saturated heterocycles.